The van der Waals surface area contributed by atoms with Gasteiger partial charge in [0, 0.05) is 6.54 Å². The number of aliphatic hydroxyl groups is 1. The molecule has 2 N–H and O–H groups in total. The third-order valence-corrected chi connectivity index (χ3v) is 1.61. The Morgan fingerprint density at radius 1 is 1.29 bits per heavy atom. The minimum atomic E-state index is -0.515. The van der Waals surface area contributed by atoms with Gasteiger partial charge in [0.15, 0.2) is 0 Å². The molecule has 0 aromatic carbocycles. The lowest BCUT2D eigenvalue weighted by Crippen LogP contribution is -2.26. The molecule has 0 fully saturated rings. The minimum absolute atomic E-state index is 0.159. The molecule has 0 radical (unpaired) electrons. The molecule has 86 valence electrons. The molecule has 14 heavy (non-hydrogen) atoms. The van der Waals surface area contributed by atoms with Crippen molar-refractivity contribution in [2.75, 3.05) is 32.9 Å². The van der Waals surface area contributed by atoms with E-state index in [4.69, 9.17) is 9.47 Å². The molecular formula is C10H23NO3. The highest BCUT2D eigenvalue weighted by molar-refractivity contribution is 4.53. The first-order valence-corrected chi connectivity index (χ1v) is 5.25. The second kappa shape index (κ2) is 9.40. The summed E-state index contributed by atoms with van der Waals surface area (Å²) in [5.74, 6) is 0. The van der Waals surface area contributed by atoms with Crippen LogP contribution in [0.5, 0.6) is 0 Å². The van der Waals surface area contributed by atoms with Crippen LogP contribution in [-0.2, 0) is 9.47 Å². The SMILES string of the molecule is CCNCCOCC(O)COC(C)C. The van der Waals surface area contributed by atoms with Gasteiger partial charge in [0.25, 0.3) is 0 Å². The lowest BCUT2D eigenvalue weighted by atomic mass is 10.4. The zero-order chi connectivity index (χ0) is 10.8. The molecule has 4 heteroatoms. The Morgan fingerprint density at radius 2 is 2.00 bits per heavy atom. The number of rotatable bonds is 9. The molecule has 0 aliphatic rings. The van der Waals surface area contributed by atoms with Crippen molar-refractivity contribution in [1.82, 2.24) is 5.32 Å². The van der Waals surface area contributed by atoms with Crippen LogP contribution < -0.4 is 5.32 Å². The summed E-state index contributed by atoms with van der Waals surface area (Å²) in [5, 5.41) is 12.5. The van der Waals surface area contributed by atoms with Crippen molar-refractivity contribution < 1.29 is 14.6 Å². The topological polar surface area (TPSA) is 50.7 Å². The predicted octanol–water partition coefficient (Wildman–Crippen LogP) is 0.398. The van der Waals surface area contributed by atoms with E-state index >= 15 is 0 Å². The van der Waals surface area contributed by atoms with Crippen LogP contribution >= 0.6 is 0 Å². The molecule has 4 nitrogen and oxygen atoms in total. The van der Waals surface area contributed by atoms with E-state index in [-0.39, 0.29) is 6.10 Å². The lowest BCUT2D eigenvalue weighted by Gasteiger charge is -2.13. The fraction of sp³-hybridized carbons (Fsp3) is 1.00. The monoisotopic (exact) mass is 205 g/mol. The maximum Gasteiger partial charge on any atom is 0.101 e. The summed E-state index contributed by atoms with van der Waals surface area (Å²) < 4.78 is 10.5. The van der Waals surface area contributed by atoms with Crippen molar-refractivity contribution in [3.63, 3.8) is 0 Å². The molecule has 1 unspecified atom stereocenters. The van der Waals surface area contributed by atoms with Crippen LogP contribution in [0.1, 0.15) is 20.8 Å². The van der Waals surface area contributed by atoms with Crippen LogP contribution in [0.2, 0.25) is 0 Å². The van der Waals surface area contributed by atoms with E-state index in [1.807, 2.05) is 20.8 Å². The molecule has 0 amide bonds. The Balaban J connectivity index is 3.14. The van der Waals surface area contributed by atoms with Gasteiger partial charge in [-0.3, -0.25) is 0 Å². The van der Waals surface area contributed by atoms with Gasteiger partial charge in [0.05, 0.1) is 25.9 Å². The molecular weight excluding hydrogens is 182 g/mol. The highest BCUT2D eigenvalue weighted by Gasteiger charge is 2.05. The summed E-state index contributed by atoms with van der Waals surface area (Å²) in [6, 6.07) is 0. The molecule has 0 aliphatic heterocycles. The first-order valence-electron chi connectivity index (χ1n) is 5.25. The van der Waals surface area contributed by atoms with E-state index in [2.05, 4.69) is 5.32 Å². The molecule has 0 bridgehead atoms. The van der Waals surface area contributed by atoms with Gasteiger partial charge in [-0.15, -0.1) is 0 Å². The zero-order valence-corrected chi connectivity index (χ0v) is 9.45. The van der Waals surface area contributed by atoms with Crippen LogP contribution in [0.4, 0.5) is 0 Å². The van der Waals surface area contributed by atoms with Gasteiger partial charge in [-0.25, -0.2) is 0 Å². The molecule has 0 aromatic heterocycles. The van der Waals surface area contributed by atoms with E-state index in [1.165, 1.54) is 0 Å². The highest BCUT2D eigenvalue weighted by Crippen LogP contribution is 1.92. The molecule has 0 saturated carbocycles. The average molecular weight is 205 g/mol. The number of aliphatic hydroxyl groups excluding tert-OH is 1. The molecule has 0 spiro atoms. The molecule has 0 saturated heterocycles. The predicted molar refractivity (Wildman–Crippen MR) is 56.5 cm³/mol. The summed E-state index contributed by atoms with van der Waals surface area (Å²) in [6.07, 6.45) is -0.356. The second-order valence-electron chi connectivity index (χ2n) is 3.46. The van der Waals surface area contributed by atoms with Crippen molar-refractivity contribution in [1.29, 1.82) is 0 Å². The normalized spacial score (nSPS) is 13.5. The van der Waals surface area contributed by atoms with E-state index in [9.17, 15) is 5.11 Å². The van der Waals surface area contributed by atoms with Crippen LogP contribution in [0.3, 0.4) is 0 Å². The van der Waals surface area contributed by atoms with Gasteiger partial charge in [-0.05, 0) is 20.4 Å². The Labute approximate surface area is 86.6 Å². The number of hydrogen-bond acceptors (Lipinski definition) is 4. The van der Waals surface area contributed by atoms with Gasteiger partial charge >= 0.3 is 0 Å². The summed E-state index contributed by atoms with van der Waals surface area (Å²) in [4.78, 5) is 0. The van der Waals surface area contributed by atoms with Gasteiger partial charge in [-0.2, -0.15) is 0 Å². The largest absolute Gasteiger partial charge is 0.388 e. The molecule has 0 aromatic rings. The second-order valence-corrected chi connectivity index (χ2v) is 3.46. The van der Waals surface area contributed by atoms with Crippen LogP contribution in [0, 0.1) is 0 Å². The van der Waals surface area contributed by atoms with Gasteiger partial charge in [-0.1, -0.05) is 6.92 Å². The summed E-state index contributed by atoms with van der Waals surface area (Å²) >= 11 is 0. The smallest absolute Gasteiger partial charge is 0.101 e. The number of hydrogen-bond donors (Lipinski definition) is 2. The first-order chi connectivity index (χ1) is 6.66. The lowest BCUT2D eigenvalue weighted by molar-refractivity contribution is -0.0348. The fourth-order valence-electron chi connectivity index (χ4n) is 0.892. The van der Waals surface area contributed by atoms with Crippen LogP contribution in [0.15, 0.2) is 0 Å². The van der Waals surface area contributed by atoms with Crippen LogP contribution in [-0.4, -0.2) is 50.2 Å². The highest BCUT2D eigenvalue weighted by atomic mass is 16.5. The third-order valence-electron chi connectivity index (χ3n) is 1.61. The fourth-order valence-corrected chi connectivity index (χ4v) is 0.892. The van der Waals surface area contributed by atoms with Crippen LogP contribution in [0.25, 0.3) is 0 Å². The van der Waals surface area contributed by atoms with Crippen molar-refractivity contribution in [2.45, 2.75) is 33.0 Å². The summed E-state index contributed by atoms with van der Waals surface area (Å²) in [7, 11) is 0. The van der Waals surface area contributed by atoms with E-state index in [0.717, 1.165) is 13.1 Å². The standard InChI is InChI=1S/C10H23NO3/c1-4-11-5-6-13-7-10(12)8-14-9(2)3/h9-12H,4-8H2,1-3H3. The Hall–Kier alpha value is -0.160. The Kier molecular flexibility index (Phi) is 9.29. The van der Waals surface area contributed by atoms with E-state index in [0.29, 0.717) is 19.8 Å². The Morgan fingerprint density at radius 3 is 2.57 bits per heavy atom. The van der Waals surface area contributed by atoms with E-state index in [1.54, 1.807) is 0 Å². The van der Waals surface area contributed by atoms with Crippen molar-refractivity contribution in [3.8, 4) is 0 Å². The number of nitrogens with one attached hydrogen (secondary N) is 1. The maximum atomic E-state index is 9.38. The van der Waals surface area contributed by atoms with Crippen molar-refractivity contribution >= 4 is 0 Å². The van der Waals surface area contributed by atoms with E-state index < -0.39 is 6.10 Å². The molecule has 0 rings (SSSR count). The molecule has 0 heterocycles. The maximum absolute atomic E-state index is 9.38. The Bertz CT molecular complexity index is 120. The minimum Gasteiger partial charge on any atom is -0.388 e. The number of likely N-dealkylation sites (N-methyl/N-ethyl adjacent to an activating group) is 1. The molecule has 1 atom stereocenters. The number of ether oxygens (including phenoxy) is 2. The first kappa shape index (κ1) is 13.8. The van der Waals surface area contributed by atoms with Crippen molar-refractivity contribution in [3.05, 3.63) is 0 Å². The summed E-state index contributed by atoms with van der Waals surface area (Å²) in [6.45, 7) is 9.03. The zero-order valence-electron chi connectivity index (χ0n) is 9.45. The third kappa shape index (κ3) is 9.92. The van der Waals surface area contributed by atoms with Crippen molar-refractivity contribution in [2.24, 2.45) is 0 Å². The van der Waals surface area contributed by atoms with Gasteiger partial charge in [0.1, 0.15) is 6.10 Å². The van der Waals surface area contributed by atoms with Gasteiger partial charge < -0.3 is 19.9 Å². The molecule has 0 aliphatic carbocycles. The average Bonchev–Trinajstić information content (AvgIpc) is 2.14. The summed E-state index contributed by atoms with van der Waals surface area (Å²) in [5.41, 5.74) is 0. The van der Waals surface area contributed by atoms with Gasteiger partial charge in [0.2, 0.25) is 0 Å². The quantitative estimate of drug-likeness (QED) is 0.535.